The predicted octanol–water partition coefficient (Wildman–Crippen LogP) is 6.67. The normalized spacial score (nSPS) is 24.5. The van der Waals surface area contributed by atoms with Crippen LogP contribution in [0.5, 0.6) is 11.5 Å². The van der Waals surface area contributed by atoms with Gasteiger partial charge in [0.2, 0.25) is 5.91 Å². The average Bonchev–Trinajstić information content (AvgIpc) is 3.48. The number of carbonyl (C=O) groups is 1. The number of rotatable bonds is 5. The lowest BCUT2D eigenvalue weighted by Crippen LogP contribution is -2.57. The Balaban J connectivity index is 1.56. The maximum Gasteiger partial charge on any atom is 0.290 e. The van der Waals surface area contributed by atoms with Crippen LogP contribution in [0.3, 0.4) is 0 Å². The Morgan fingerprint density at radius 2 is 1.89 bits per heavy atom. The van der Waals surface area contributed by atoms with Crippen LogP contribution >= 0.6 is 11.6 Å². The van der Waals surface area contributed by atoms with Gasteiger partial charge in [-0.2, -0.15) is 5.26 Å². The van der Waals surface area contributed by atoms with Crippen molar-refractivity contribution in [2.24, 2.45) is 0 Å². The second-order valence-electron chi connectivity index (χ2n) is 11.1. The molecular formula is C34H23ClFN3O5. The number of carbonyl (C=O) groups excluding carboxylic acids is 1. The monoisotopic (exact) mass is 607 g/mol. The minimum Gasteiger partial charge on any atom is -0.497 e. The first-order valence-corrected chi connectivity index (χ1v) is 14.2. The van der Waals surface area contributed by atoms with Gasteiger partial charge in [-0.05, 0) is 54.1 Å². The van der Waals surface area contributed by atoms with Gasteiger partial charge in [0.05, 0.1) is 31.2 Å². The van der Waals surface area contributed by atoms with Crippen molar-refractivity contribution < 1.29 is 23.6 Å². The van der Waals surface area contributed by atoms with Gasteiger partial charge in [0.15, 0.2) is 6.10 Å². The van der Waals surface area contributed by atoms with Gasteiger partial charge in [0.1, 0.15) is 22.7 Å². The molecule has 1 aliphatic carbocycles. The van der Waals surface area contributed by atoms with Gasteiger partial charge in [-0.3, -0.25) is 14.9 Å². The smallest absolute Gasteiger partial charge is 0.290 e. The van der Waals surface area contributed by atoms with Gasteiger partial charge in [-0.25, -0.2) is 4.39 Å². The molecule has 0 aromatic heterocycles. The summed E-state index contributed by atoms with van der Waals surface area (Å²) >= 11 is 6.47. The number of hydrogen-bond acceptors (Lipinski definition) is 6. The standard InChI is InChI=1S/C34H23ClFN3O5/c1-43-25-9-5-8-21(14-25)31-33(39(41)42)17-22(18-37)34(30(33)26-15-23(35)10-13-29(26)44-31)27-16-24(36)11-12-28(27)38(32(34)40)19-20-6-3-2-4-7-20/h2-17,30-31H,19H2,1H3. The summed E-state index contributed by atoms with van der Waals surface area (Å²) in [7, 11) is 1.48. The highest BCUT2D eigenvalue weighted by atomic mass is 35.5. The van der Waals surface area contributed by atoms with Crippen LogP contribution in [0.1, 0.15) is 34.3 Å². The van der Waals surface area contributed by atoms with Gasteiger partial charge >= 0.3 is 0 Å². The van der Waals surface area contributed by atoms with Gasteiger partial charge in [0.25, 0.3) is 5.54 Å². The first-order valence-electron chi connectivity index (χ1n) is 13.8. The number of nitrogens with zero attached hydrogens (tertiary/aromatic N) is 3. The topological polar surface area (TPSA) is 106 Å². The molecule has 1 spiro atoms. The van der Waals surface area contributed by atoms with Crippen LogP contribution < -0.4 is 14.4 Å². The van der Waals surface area contributed by atoms with Crippen LogP contribution in [-0.4, -0.2) is 23.5 Å². The van der Waals surface area contributed by atoms with Crippen molar-refractivity contribution in [2.45, 2.75) is 29.5 Å². The summed E-state index contributed by atoms with van der Waals surface area (Å²) in [6, 6.07) is 26.7. The number of hydrogen-bond donors (Lipinski definition) is 0. The first kappa shape index (κ1) is 27.6. The summed E-state index contributed by atoms with van der Waals surface area (Å²) in [5.74, 6) is -1.83. The van der Waals surface area contributed by atoms with E-state index in [2.05, 4.69) is 6.07 Å². The maximum absolute atomic E-state index is 15.1. The fourth-order valence-electron chi connectivity index (χ4n) is 7.19. The molecule has 0 saturated carbocycles. The molecule has 2 heterocycles. The summed E-state index contributed by atoms with van der Waals surface area (Å²) in [6.07, 6.45) is -0.0495. The molecule has 4 atom stereocenters. The van der Waals surface area contributed by atoms with E-state index < -0.39 is 39.6 Å². The van der Waals surface area contributed by atoms with Crippen molar-refractivity contribution >= 4 is 23.2 Å². The summed E-state index contributed by atoms with van der Waals surface area (Å²) in [5.41, 5.74) is -2.25. The van der Waals surface area contributed by atoms with Gasteiger partial charge in [-0.15, -0.1) is 0 Å². The molecule has 10 heteroatoms. The van der Waals surface area contributed by atoms with E-state index in [1.807, 2.05) is 30.3 Å². The van der Waals surface area contributed by atoms with Crippen LogP contribution in [-0.2, 0) is 16.8 Å². The third-order valence-electron chi connectivity index (χ3n) is 8.92. The number of nitriles is 1. The zero-order valence-electron chi connectivity index (χ0n) is 23.2. The fourth-order valence-corrected chi connectivity index (χ4v) is 7.37. The Morgan fingerprint density at radius 1 is 1.09 bits per heavy atom. The molecule has 0 radical (unpaired) electrons. The van der Waals surface area contributed by atoms with E-state index >= 15 is 9.18 Å². The van der Waals surface area contributed by atoms with E-state index in [1.165, 1.54) is 42.4 Å². The lowest BCUT2D eigenvalue weighted by molar-refractivity contribution is -0.574. The highest BCUT2D eigenvalue weighted by Crippen LogP contribution is 2.68. The second-order valence-corrected chi connectivity index (χ2v) is 11.5. The molecule has 0 N–H and O–H groups in total. The van der Waals surface area contributed by atoms with Crippen molar-refractivity contribution in [3.8, 4) is 17.6 Å². The van der Waals surface area contributed by atoms with E-state index in [4.69, 9.17) is 21.1 Å². The molecule has 4 unspecified atom stereocenters. The van der Waals surface area contributed by atoms with Crippen LogP contribution in [0.2, 0.25) is 5.02 Å². The van der Waals surface area contributed by atoms with Crippen LogP contribution in [0, 0.1) is 27.3 Å². The van der Waals surface area contributed by atoms with Crippen LogP contribution in [0.4, 0.5) is 10.1 Å². The maximum atomic E-state index is 15.1. The highest BCUT2D eigenvalue weighted by molar-refractivity contribution is 6.30. The molecule has 218 valence electrons. The van der Waals surface area contributed by atoms with Gasteiger partial charge in [-0.1, -0.05) is 54.1 Å². The van der Waals surface area contributed by atoms with E-state index in [1.54, 1.807) is 36.4 Å². The summed E-state index contributed by atoms with van der Waals surface area (Å²) in [6.45, 7) is 0.106. The number of nitro groups is 1. The molecular weight excluding hydrogens is 585 g/mol. The number of amides is 1. The summed E-state index contributed by atoms with van der Waals surface area (Å²) < 4.78 is 27.0. The van der Waals surface area contributed by atoms with E-state index in [9.17, 15) is 15.4 Å². The van der Waals surface area contributed by atoms with Gasteiger partial charge < -0.3 is 14.4 Å². The zero-order valence-corrected chi connectivity index (χ0v) is 24.0. The second kappa shape index (κ2) is 9.93. The molecule has 44 heavy (non-hydrogen) atoms. The largest absolute Gasteiger partial charge is 0.497 e. The number of halogens is 2. The van der Waals surface area contributed by atoms with E-state index in [-0.39, 0.29) is 34.0 Å². The van der Waals surface area contributed by atoms with Crippen molar-refractivity contribution in [2.75, 3.05) is 12.0 Å². The van der Waals surface area contributed by atoms with Gasteiger partial charge in [0, 0.05) is 38.4 Å². The number of ether oxygens (including phenoxy) is 2. The fraction of sp³-hybridized carbons (Fsp3) is 0.176. The van der Waals surface area contributed by atoms with Crippen molar-refractivity contribution in [3.63, 3.8) is 0 Å². The van der Waals surface area contributed by atoms with Crippen molar-refractivity contribution in [1.29, 1.82) is 5.26 Å². The average molecular weight is 608 g/mol. The minimum absolute atomic E-state index is 0.106. The lowest BCUT2D eigenvalue weighted by atomic mass is 9.60. The Labute approximate surface area is 256 Å². The number of benzene rings is 4. The molecule has 1 amide bonds. The zero-order chi connectivity index (χ0) is 30.8. The van der Waals surface area contributed by atoms with Crippen molar-refractivity contribution in [1.82, 2.24) is 0 Å². The predicted molar refractivity (Wildman–Crippen MR) is 160 cm³/mol. The molecule has 0 bridgehead atoms. The van der Waals surface area contributed by atoms with Crippen molar-refractivity contribution in [3.05, 3.63) is 146 Å². The van der Waals surface area contributed by atoms with E-state index in [0.717, 1.165) is 5.56 Å². The summed E-state index contributed by atoms with van der Waals surface area (Å²) in [5, 5.41) is 24.5. The Morgan fingerprint density at radius 3 is 2.61 bits per heavy atom. The molecule has 4 aromatic rings. The molecule has 8 nitrogen and oxygen atoms in total. The van der Waals surface area contributed by atoms with Crippen LogP contribution in [0.15, 0.2) is 103 Å². The Kier molecular flexibility index (Phi) is 6.23. The molecule has 0 saturated heterocycles. The van der Waals surface area contributed by atoms with E-state index in [0.29, 0.717) is 17.0 Å². The molecule has 3 aliphatic rings. The minimum atomic E-state index is -2.17. The Hall–Kier alpha value is -5.20. The summed E-state index contributed by atoms with van der Waals surface area (Å²) in [4.78, 5) is 29.6. The molecule has 2 aliphatic heterocycles. The third kappa shape index (κ3) is 3.64. The number of methoxy groups -OCH3 is 1. The van der Waals surface area contributed by atoms with Crippen LogP contribution in [0.25, 0.3) is 0 Å². The Bertz CT molecular complexity index is 1940. The quantitative estimate of drug-likeness (QED) is 0.185. The number of anilines is 1. The third-order valence-corrected chi connectivity index (χ3v) is 9.15. The SMILES string of the molecule is COc1cccc(C2Oc3ccc(Cl)cc3C3C4(C(=O)N(Cc5ccccc5)c5ccc(F)cc54)C(C#N)=CC23[N+](=O)[O-])c1. The highest BCUT2D eigenvalue weighted by Gasteiger charge is 2.77. The molecule has 0 fully saturated rings. The molecule has 4 aromatic carbocycles. The first-order chi connectivity index (χ1) is 21.2. The lowest BCUT2D eigenvalue weighted by Gasteiger charge is -2.44. The number of fused-ring (bicyclic) bond motifs is 6. The molecule has 7 rings (SSSR count).